The summed E-state index contributed by atoms with van der Waals surface area (Å²) in [5.41, 5.74) is 6.50. The van der Waals surface area contributed by atoms with Crippen LogP contribution in [0.5, 0.6) is 5.75 Å². The van der Waals surface area contributed by atoms with E-state index in [0.717, 1.165) is 29.9 Å². The minimum absolute atomic E-state index is 0.0862. The van der Waals surface area contributed by atoms with Crippen molar-refractivity contribution >= 4 is 17.8 Å². The van der Waals surface area contributed by atoms with E-state index in [-0.39, 0.29) is 6.10 Å². The lowest BCUT2D eigenvalue weighted by atomic mass is 9.95. The number of hydrogen-bond donors (Lipinski definition) is 1. The van der Waals surface area contributed by atoms with Gasteiger partial charge in [-0.25, -0.2) is 0 Å². The molecule has 132 valence electrons. The van der Waals surface area contributed by atoms with Crippen LogP contribution in [-0.4, -0.2) is 29.1 Å². The first-order valence-electron chi connectivity index (χ1n) is 8.76. The maximum Gasteiger partial charge on any atom is 0.138 e. The first-order chi connectivity index (χ1) is 12.6. The van der Waals surface area contributed by atoms with Gasteiger partial charge >= 0.3 is 0 Å². The van der Waals surface area contributed by atoms with Crippen LogP contribution in [0.1, 0.15) is 25.0 Å². The third kappa shape index (κ3) is 3.25. The summed E-state index contributed by atoms with van der Waals surface area (Å²) in [5, 5.41) is 8.25. The van der Waals surface area contributed by atoms with Crippen LogP contribution < -0.4 is 4.74 Å². The van der Waals surface area contributed by atoms with Crippen molar-refractivity contribution in [2.75, 3.05) is 6.54 Å². The fourth-order valence-corrected chi connectivity index (χ4v) is 3.44. The molecule has 4 rings (SSSR count). The first-order valence-corrected chi connectivity index (χ1v) is 9.13. The number of aromatic nitrogens is 2. The van der Waals surface area contributed by atoms with Crippen molar-refractivity contribution in [3.05, 3.63) is 58.6 Å². The molecule has 0 saturated carbocycles. The van der Waals surface area contributed by atoms with Crippen LogP contribution in [-0.2, 0) is 6.42 Å². The molecule has 4 nitrogen and oxygen atoms in total. The Hall–Kier alpha value is -2.59. The van der Waals surface area contributed by atoms with Crippen molar-refractivity contribution in [1.29, 1.82) is 0 Å². The van der Waals surface area contributed by atoms with Crippen molar-refractivity contribution in [2.24, 2.45) is 4.99 Å². The lowest BCUT2D eigenvalue weighted by molar-refractivity contribution is 0.242. The lowest BCUT2D eigenvalue weighted by Crippen LogP contribution is -2.05. The van der Waals surface area contributed by atoms with Gasteiger partial charge in [-0.2, -0.15) is 5.10 Å². The predicted molar refractivity (Wildman–Crippen MR) is 106 cm³/mol. The zero-order chi connectivity index (χ0) is 18.1. The van der Waals surface area contributed by atoms with E-state index in [9.17, 15) is 0 Å². The van der Waals surface area contributed by atoms with E-state index in [0.29, 0.717) is 10.8 Å². The lowest BCUT2D eigenvalue weighted by Gasteiger charge is -2.13. The molecular formula is C21H20ClN3O. The van der Waals surface area contributed by atoms with E-state index in [4.69, 9.17) is 16.3 Å². The smallest absolute Gasteiger partial charge is 0.138 e. The molecule has 0 amide bonds. The third-order valence-electron chi connectivity index (χ3n) is 4.39. The summed E-state index contributed by atoms with van der Waals surface area (Å²) in [6.07, 6.45) is 2.99. The largest absolute Gasteiger partial charge is 0.489 e. The van der Waals surface area contributed by atoms with Gasteiger partial charge in [-0.05, 0) is 55.7 Å². The maximum absolute atomic E-state index is 6.36. The molecule has 26 heavy (non-hydrogen) atoms. The van der Waals surface area contributed by atoms with Gasteiger partial charge in [0.15, 0.2) is 0 Å². The number of benzene rings is 2. The summed E-state index contributed by atoms with van der Waals surface area (Å²) >= 11 is 6.36. The van der Waals surface area contributed by atoms with E-state index in [1.165, 1.54) is 16.7 Å². The number of aromatic amines is 1. The summed E-state index contributed by atoms with van der Waals surface area (Å²) in [5.74, 6) is 0.692. The van der Waals surface area contributed by atoms with Gasteiger partial charge in [-0.3, -0.25) is 10.1 Å². The van der Waals surface area contributed by atoms with E-state index in [1.54, 1.807) is 0 Å². The van der Waals surface area contributed by atoms with E-state index in [1.807, 2.05) is 38.3 Å². The minimum Gasteiger partial charge on any atom is -0.489 e. The number of H-pyrrole nitrogens is 1. The van der Waals surface area contributed by atoms with Crippen molar-refractivity contribution in [2.45, 2.75) is 26.4 Å². The average molecular weight is 366 g/mol. The number of nitrogens with zero attached hydrogens (tertiary/aromatic N) is 2. The van der Waals surface area contributed by atoms with E-state index >= 15 is 0 Å². The van der Waals surface area contributed by atoms with Crippen LogP contribution in [0.15, 0.2) is 47.5 Å². The Morgan fingerprint density at radius 2 is 2.04 bits per heavy atom. The number of fused-ring (bicyclic) bond motifs is 1. The van der Waals surface area contributed by atoms with E-state index < -0.39 is 0 Å². The Balaban J connectivity index is 1.67. The SMILES string of the molecule is CC(C)Oc1ccc(-c2cc(-c3cccc4c3CCN=C4)[nH]n2)cc1Cl. The fourth-order valence-electron chi connectivity index (χ4n) is 3.21. The number of hydrogen-bond acceptors (Lipinski definition) is 3. The molecule has 0 aliphatic carbocycles. The van der Waals surface area contributed by atoms with Gasteiger partial charge in [-0.15, -0.1) is 0 Å². The predicted octanol–water partition coefficient (Wildman–Crippen LogP) is 5.16. The minimum atomic E-state index is 0.0862. The number of nitrogens with one attached hydrogen (secondary N) is 1. The molecule has 2 heterocycles. The van der Waals surface area contributed by atoms with Gasteiger partial charge in [0.2, 0.25) is 0 Å². The number of halogens is 1. The second kappa shape index (κ2) is 6.96. The van der Waals surface area contributed by atoms with Crippen LogP contribution in [0.25, 0.3) is 22.5 Å². The molecule has 5 heteroatoms. The van der Waals surface area contributed by atoms with E-state index in [2.05, 4.69) is 39.5 Å². The molecular weight excluding hydrogens is 346 g/mol. The van der Waals surface area contributed by atoms with Crippen molar-refractivity contribution in [3.8, 4) is 28.3 Å². The van der Waals surface area contributed by atoms with Crippen molar-refractivity contribution in [3.63, 3.8) is 0 Å². The van der Waals surface area contributed by atoms with Crippen LogP contribution in [0.3, 0.4) is 0 Å². The zero-order valence-electron chi connectivity index (χ0n) is 14.8. The number of ether oxygens (including phenoxy) is 1. The summed E-state index contributed by atoms with van der Waals surface area (Å²) < 4.78 is 5.70. The monoisotopic (exact) mass is 365 g/mol. The highest BCUT2D eigenvalue weighted by Crippen LogP contribution is 2.33. The average Bonchev–Trinajstić information content (AvgIpc) is 3.12. The van der Waals surface area contributed by atoms with Gasteiger partial charge in [0.1, 0.15) is 5.75 Å². The summed E-state index contributed by atoms with van der Waals surface area (Å²) in [7, 11) is 0. The summed E-state index contributed by atoms with van der Waals surface area (Å²) in [6.45, 7) is 4.79. The molecule has 3 aromatic rings. The van der Waals surface area contributed by atoms with Crippen molar-refractivity contribution in [1.82, 2.24) is 10.2 Å². The van der Waals surface area contributed by atoms with Gasteiger partial charge in [-0.1, -0.05) is 29.8 Å². The summed E-state index contributed by atoms with van der Waals surface area (Å²) in [4.78, 5) is 4.37. The normalized spacial score (nSPS) is 13.1. The molecule has 0 radical (unpaired) electrons. The Kier molecular flexibility index (Phi) is 4.51. The number of aliphatic imine (C=N–C) groups is 1. The molecule has 0 fully saturated rings. The van der Waals surface area contributed by atoms with Crippen LogP contribution in [0.2, 0.25) is 5.02 Å². The molecule has 1 aromatic heterocycles. The fraction of sp³-hybridized carbons (Fsp3) is 0.238. The second-order valence-electron chi connectivity index (χ2n) is 6.64. The van der Waals surface area contributed by atoms with Gasteiger partial charge < -0.3 is 4.74 Å². The van der Waals surface area contributed by atoms with Crippen LogP contribution in [0, 0.1) is 0 Å². The molecule has 0 spiro atoms. The highest BCUT2D eigenvalue weighted by Gasteiger charge is 2.15. The topological polar surface area (TPSA) is 50.3 Å². The second-order valence-corrected chi connectivity index (χ2v) is 7.04. The zero-order valence-corrected chi connectivity index (χ0v) is 15.5. The Morgan fingerprint density at radius 3 is 2.85 bits per heavy atom. The first kappa shape index (κ1) is 16.9. The molecule has 0 atom stereocenters. The molecule has 2 aromatic carbocycles. The maximum atomic E-state index is 6.36. The standard InChI is InChI=1S/C21H20ClN3O/c1-13(2)26-21-7-6-14(10-18(21)22)19-11-20(25-24-19)17-5-3-4-15-12-23-9-8-16(15)17/h3-7,10-13H,8-9H2,1-2H3,(H,24,25). The van der Waals surface area contributed by atoms with Gasteiger partial charge in [0, 0.05) is 23.9 Å². The van der Waals surface area contributed by atoms with Crippen molar-refractivity contribution < 1.29 is 4.74 Å². The summed E-state index contributed by atoms with van der Waals surface area (Å²) in [6, 6.07) is 14.1. The van der Waals surface area contributed by atoms with Gasteiger partial charge in [0.25, 0.3) is 0 Å². The molecule has 1 N–H and O–H groups in total. The molecule has 0 saturated heterocycles. The molecule has 0 unspecified atom stereocenters. The van der Waals surface area contributed by atoms with Gasteiger partial charge in [0.05, 0.1) is 22.5 Å². The Morgan fingerprint density at radius 1 is 1.15 bits per heavy atom. The Labute approximate surface area is 157 Å². The van der Waals surface area contributed by atoms with Crippen LogP contribution >= 0.6 is 11.6 Å². The molecule has 1 aliphatic rings. The molecule has 1 aliphatic heterocycles. The number of rotatable bonds is 4. The highest BCUT2D eigenvalue weighted by molar-refractivity contribution is 6.32. The quantitative estimate of drug-likeness (QED) is 0.694. The van der Waals surface area contributed by atoms with Crippen LogP contribution in [0.4, 0.5) is 0 Å². The highest BCUT2D eigenvalue weighted by atomic mass is 35.5. The molecule has 0 bridgehead atoms. The Bertz CT molecular complexity index is 975. The third-order valence-corrected chi connectivity index (χ3v) is 4.69.